The first-order valence-electron chi connectivity index (χ1n) is 6.27. The van der Waals surface area contributed by atoms with E-state index in [1.165, 1.54) is 11.1 Å². The fourth-order valence-electron chi connectivity index (χ4n) is 1.81. The van der Waals surface area contributed by atoms with E-state index in [2.05, 4.69) is 32.0 Å². The zero-order valence-corrected chi connectivity index (χ0v) is 11.9. The molecule has 2 N–H and O–H groups in total. The van der Waals surface area contributed by atoms with Gasteiger partial charge in [0.1, 0.15) is 12.4 Å². The molecular formula is C16H18ClNO. The van der Waals surface area contributed by atoms with Crippen LogP contribution in [0.3, 0.4) is 0 Å². The molecule has 0 aliphatic heterocycles. The van der Waals surface area contributed by atoms with Crippen LogP contribution < -0.4 is 10.5 Å². The van der Waals surface area contributed by atoms with Gasteiger partial charge >= 0.3 is 0 Å². The Bertz CT molecular complexity index is 551. The molecule has 0 heterocycles. The Labute approximate surface area is 119 Å². The van der Waals surface area contributed by atoms with Gasteiger partial charge in [0, 0.05) is 5.02 Å². The molecule has 0 spiro atoms. The molecule has 2 nitrogen and oxygen atoms in total. The van der Waals surface area contributed by atoms with E-state index in [9.17, 15) is 0 Å². The SMILES string of the molecule is Cc1ccc(C(N)COc2ccc(Cl)cc2)cc1C. The van der Waals surface area contributed by atoms with Crippen LogP contribution in [0.2, 0.25) is 5.02 Å². The van der Waals surface area contributed by atoms with Gasteiger partial charge in [0.05, 0.1) is 6.04 Å². The summed E-state index contributed by atoms with van der Waals surface area (Å²) in [6.07, 6.45) is 0. The molecule has 2 aromatic rings. The van der Waals surface area contributed by atoms with Crippen molar-refractivity contribution >= 4 is 11.6 Å². The molecule has 0 amide bonds. The summed E-state index contributed by atoms with van der Waals surface area (Å²) in [4.78, 5) is 0. The molecule has 0 radical (unpaired) electrons. The van der Waals surface area contributed by atoms with Crippen LogP contribution in [0.15, 0.2) is 42.5 Å². The summed E-state index contributed by atoms with van der Waals surface area (Å²) in [5, 5.41) is 0.700. The van der Waals surface area contributed by atoms with E-state index in [0.717, 1.165) is 11.3 Å². The molecule has 1 unspecified atom stereocenters. The molecule has 3 heteroatoms. The van der Waals surface area contributed by atoms with Crippen molar-refractivity contribution in [3.8, 4) is 5.75 Å². The maximum Gasteiger partial charge on any atom is 0.119 e. The highest BCUT2D eigenvalue weighted by Gasteiger charge is 2.08. The fraction of sp³-hybridized carbons (Fsp3) is 0.250. The van der Waals surface area contributed by atoms with Crippen molar-refractivity contribution in [1.82, 2.24) is 0 Å². The first-order chi connectivity index (χ1) is 9.06. The summed E-state index contributed by atoms with van der Waals surface area (Å²) in [7, 11) is 0. The minimum absolute atomic E-state index is 0.130. The summed E-state index contributed by atoms with van der Waals surface area (Å²) in [5.41, 5.74) is 9.76. The van der Waals surface area contributed by atoms with Crippen LogP contribution in [0, 0.1) is 13.8 Å². The van der Waals surface area contributed by atoms with Gasteiger partial charge in [0.2, 0.25) is 0 Å². The van der Waals surface area contributed by atoms with E-state index in [1.54, 1.807) is 12.1 Å². The van der Waals surface area contributed by atoms with Gasteiger partial charge in [0.25, 0.3) is 0 Å². The van der Waals surface area contributed by atoms with Crippen LogP contribution >= 0.6 is 11.6 Å². The predicted molar refractivity (Wildman–Crippen MR) is 79.8 cm³/mol. The van der Waals surface area contributed by atoms with Gasteiger partial charge < -0.3 is 10.5 Å². The van der Waals surface area contributed by atoms with E-state index in [1.807, 2.05) is 12.1 Å². The van der Waals surface area contributed by atoms with E-state index >= 15 is 0 Å². The Morgan fingerprint density at radius 3 is 2.37 bits per heavy atom. The van der Waals surface area contributed by atoms with Gasteiger partial charge in [-0.05, 0) is 54.8 Å². The molecule has 0 aliphatic rings. The first kappa shape index (κ1) is 13.9. The maximum absolute atomic E-state index is 6.14. The fourth-order valence-corrected chi connectivity index (χ4v) is 1.93. The number of rotatable bonds is 4. The average Bonchev–Trinajstić information content (AvgIpc) is 2.41. The minimum atomic E-state index is -0.130. The van der Waals surface area contributed by atoms with Crippen molar-refractivity contribution in [2.45, 2.75) is 19.9 Å². The molecule has 2 aromatic carbocycles. The highest BCUT2D eigenvalue weighted by Crippen LogP contribution is 2.19. The van der Waals surface area contributed by atoms with Crippen LogP contribution in [0.5, 0.6) is 5.75 Å². The van der Waals surface area contributed by atoms with Gasteiger partial charge in [-0.25, -0.2) is 0 Å². The second kappa shape index (κ2) is 6.09. The molecule has 1 atom stereocenters. The Kier molecular flexibility index (Phi) is 4.46. The largest absolute Gasteiger partial charge is 0.492 e. The Morgan fingerprint density at radius 1 is 1.05 bits per heavy atom. The first-order valence-corrected chi connectivity index (χ1v) is 6.65. The lowest BCUT2D eigenvalue weighted by Gasteiger charge is -2.15. The highest BCUT2D eigenvalue weighted by molar-refractivity contribution is 6.30. The van der Waals surface area contributed by atoms with Crippen molar-refractivity contribution in [2.75, 3.05) is 6.61 Å². The summed E-state index contributed by atoms with van der Waals surface area (Å²) in [6.45, 7) is 4.63. The molecular weight excluding hydrogens is 258 g/mol. The predicted octanol–water partition coefficient (Wildman–Crippen LogP) is 4.04. The number of aryl methyl sites for hydroxylation is 2. The van der Waals surface area contributed by atoms with Crippen molar-refractivity contribution in [1.29, 1.82) is 0 Å². The second-order valence-electron chi connectivity index (χ2n) is 4.72. The Balaban J connectivity index is 1.98. The van der Waals surface area contributed by atoms with Gasteiger partial charge in [-0.1, -0.05) is 29.8 Å². The third kappa shape index (κ3) is 3.72. The average molecular weight is 276 g/mol. The van der Waals surface area contributed by atoms with Gasteiger partial charge in [-0.15, -0.1) is 0 Å². The van der Waals surface area contributed by atoms with Crippen molar-refractivity contribution in [3.63, 3.8) is 0 Å². The summed E-state index contributed by atoms with van der Waals surface area (Å²) < 4.78 is 5.66. The van der Waals surface area contributed by atoms with Crippen LogP contribution in [0.25, 0.3) is 0 Å². The van der Waals surface area contributed by atoms with Crippen molar-refractivity contribution < 1.29 is 4.74 Å². The molecule has 0 fully saturated rings. The molecule has 0 saturated carbocycles. The van der Waals surface area contributed by atoms with Gasteiger partial charge in [0.15, 0.2) is 0 Å². The molecule has 0 bridgehead atoms. The van der Waals surface area contributed by atoms with Crippen LogP contribution in [0.4, 0.5) is 0 Å². The number of benzene rings is 2. The lowest BCUT2D eigenvalue weighted by Crippen LogP contribution is -2.19. The smallest absolute Gasteiger partial charge is 0.119 e. The quantitative estimate of drug-likeness (QED) is 0.914. The molecule has 0 aliphatic carbocycles. The zero-order chi connectivity index (χ0) is 13.8. The van der Waals surface area contributed by atoms with Gasteiger partial charge in [-0.3, -0.25) is 0 Å². The summed E-state index contributed by atoms with van der Waals surface area (Å²) >= 11 is 5.82. The monoisotopic (exact) mass is 275 g/mol. The van der Waals surface area contributed by atoms with E-state index in [4.69, 9.17) is 22.1 Å². The minimum Gasteiger partial charge on any atom is -0.492 e. The molecule has 19 heavy (non-hydrogen) atoms. The number of halogens is 1. The zero-order valence-electron chi connectivity index (χ0n) is 11.2. The van der Waals surface area contributed by atoms with Crippen molar-refractivity contribution in [3.05, 3.63) is 64.2 Å². The molecule has 0 saturated heterocycles. The van der Waals surface area contributed by atoms with Crippen molar-refractivity contribution in [2.24, 2.45) is 5.73 Å². The molecule has 100 valence electrons. The van der Waals surface area contributed by atoms with E-state index in [0.29, 0.717) is 11.6 Å². The Morgan fingerprint density at radius 2 is 1.74 bits per heavy atom. The lowest BCUT2D eigenvalue weighted by atomic mass is 10.0. The van der Waals surface area contributed by atoms with E-state index < -0.39 is 0 Å². The number of ether oxygens (including phenoxy) is 1. The number of hydrogen-bond acceptors (Lipinski definition) is 2. The number of nitrogens with two attached hydrogens (primary N) is 1. The van der Waals surface area contributed by atoms with E-state index in [-0.39, 0.29) is 6.04 Å². The van der Waals surface area contributed by atoms with Gasteiger partial charge in [-0.2, -0.15) is 0 Å². The topological polar surface area (TPSA) is 35.2 Å². The van der Waals surface area contributed by atoms with Crippen LogP contribution in [-0.4, -0.2) is 6.61 Å². The maximum atomic E-state index is 6.14. The lowest BCUT2D eigenvalue weighted by molar-refractivity contribution is 0.290. The Hall–Kier alpha value is -1.51. The third-order valence-corrected chi connectivity index (χ3v) is 3.45. The molecule has 0 aromatic heterocycles. The normalized spacial score (nSPS) is 12.2. The summed E-state index contributed by atoms with van der Waals surface area (Å²) in [6, 6.07) is 13.4. The van der Waals surface area contributed by atoms with Crippen LogP contribution in [-0.2, 0) is 0 Å². The van der Waals surface area contributed by atoms with Crippen LogP contribution in [0.1, 0.15) is 22.7 Å². The number of hydrogen-bond donors (Lipinski definition) is 1. The summed E-state index contributed by atoms with van der Waals surface area (Å²) in [5.74, 6) is 0.781. The molecule has 2 rings (SSSR count). The third-order valence-electron chi connectivity index (χ3n) is 3.20. The standard InChI is InChI=1S/C16H18ClNO/c1-11-3-4-13(9-12(11)2)16(18)10-19-15-7-5-14(17)6-8-15/h3-9,16H,10,18H2,1-2H3. The second-order valence-corrected chi connectivity index (χ2v) is 5.15. The highest BCUT2D eigenvalue weighted by atomic mass is 35.5.